The largest absolute Gasteiger partial charge is 0.310 e. The first-order chi connectivity index (χ1) is 27.6. The molecule has 9 rings (SSSR count). The molecule has 0 aliphatic heterocycles. The molecule has 0 saturated carbocycles. The Balaban J connectivity index is 1.13. The number of hydrogen-bond donors (Lipinski definition) is 0. The molecule has 0 bridgehead atoms. The van der Waals surface area contributed by atoms with Crippen molar-refractivity contribution >= 4 is 61.9 Å². The Kier molecular flexibility index (Phi) is 9.36. The summed E-state index contributed by atoms with van der Waals surface area (Å²) in [6, 6.07) is 65.6. The van der Waals surface area contributed by atoms with Crippen LogP contribution in [0.5, 0.6) is 0 Å². The normalized spacial score (nSPS) is 11.6. The van der Waals surface area contributed by atoms with Gasteiger partial charge in [-0.25, -0.2) is 0 Å². The van der Waals surface area contributed by atoms with Gasteiger partial charge in [-0.3, -0.25) is 0 Å². The molecule has 0 amide bonds. The van der Waals surface area contributed by atoms with Crippen LogP contribution in [0, 0.1) is 6.92 Å². The van der Waals surface area contributed by atoms with Crippen molar-refractivity contribution in [2.45, 2.75) is 6.92 Å². The number of hydrogen-bond acceptors (Lipinski definition) is 2. The van der Waals surface area contributed by atoms with Gasteiger partial charge in [0.05, 0.1) is 11.0 Å². The lowest BCUT2D eigenvalue weighted by atomic mass is 9.99. The third-order valence-corrected chi connectivity index (χ3v) is 11.7. The Hall–Kier alpha value is -6.94. The highest BCUT2D eigenvalue weighted by atomic mass is 32.1. The van der Waals surface area contributed by atoms with E-state index in [4.69, 9.17) is 0 Å². The molecule has 9 aromatic rings. The second-order valence-corrected chi connectivity index (χ2v) is 15.0. The van der Waals surface area contributed by atoms with Crippen LogP contribution in [0.1, 0.15) is 20.9 Å². The van der Waals surface area contributed by atoms with E-state index in [1.165, 1.54) is 54.5 Å². The van der Waals surface area contributed by atoms with Gasteiger partial charge in [0.15, 0.2) is 0 Å². The minimum atomic E-state index is 1.07. The minimum absolute atomic E-state index is 1.07. The van der Waals surface area contributed by atoms with Gasteiger partial charge in [-0.2, -0.15) is 0 Å². The lowest BCUT2D eigenvalue weighted by Crippen LogP contribution is -2.10. The maximum Gasteiger partial charge on any atom is 0.0541 e. The van der Waals surface area contributed by atoms with Crippen LogP contribution in [0.15, 0.2) is 207 Å². The maximum atomic E-state index is 4.07. The van der Waals surface area contributed by atoms with Gasteiger partial charge in [0.25, 0.3) is 0 Å². The van der Waals surface area contributed by atoms with Crippen molar-refractivity contribution in [3.63, 3.8) is 0 Å². The van der Waals surface area contributed by atoms with Crippen molar-refractivity contribution in [2.75, 3.05) is 4.90 Å². The molecule has 56 heavy (non-hydrogen) atoms. The Morgan fingerprint density at radius 3 is 1.82 bits per heavy atom. The summed E-state index contributed by atoms with van der Waals surface area (Å²) in [6.07, 6.45) is 5.92. The Morgan fingerprint density at radius 2 is 1.14 bits per heavy atom. The maximum absolute atomic E-state index is 4.07. The number of thiophene rings is 1. The first-order valence-corrected chi connectivity index (χ1v) is 19.7. The molecule has 0 unspecified atom stereocenters. The van der Waals surface area contributed by atoms with Crippen molar-refractivity contribution in [2.24, 2.45) is 0 Å². The van der Waals surface area contributed by atoms with Crippen LogP contribution in [0.25, 0.3) is 61.4 Å². The summed E-state index contributed by atoms with van der Waals surface area (Å²) in [5, 5.41) is 2.49. The first-order valence-electron chi connectivity index (χ1n) is 18.9. The number of fused-ring (bicyclic) bond motifs is 3. The summed E-state index contributed by atoms with van der Waals surface area (Å²) in [5.74, 6) is 0. The third-order valence-electron chi connectivity index (χ3n) is 10.5. The summed E-state index contributed by atoms with van der Waals surface area (Å²) in [7, 11) is 0. The molecule has 0 aliphatic rings. The molecule has 0 radical (unpaired) electrons. The van der Waals surface area contributed by atoms with E-state index in [0.29, 0.717) is 0 Å². The number of allylic oxidation sites excluding steroid dienone is 2. The molecule has 0 saturated heterocycles. The van der Waals surface area contributed by atoms with Crippen molar-refractivity contribution in [3.8, 4) is 27.9 Å². The minimum Gasteiger partial charge on any atom is -0.310 e. The topological polar surface area (TPSA) is 8.17 Å². The van der Waals surface area contributed by atoms with Crippen molar-refractivity contribution in [1.29, 1.82) is 0 Å². The average Bonchev–Trinajstić information content (AvgIpc) is 3.81. The molecule has 2 nitrogen and oxygen atoms in total. The molecule has 0 spiro atoms. The van der Waals surface area contributed by atoms with Gasteiger partial charge < -0.3 is 9.47 Å². The number of anilines is 3. The second kappa shape index (κ2) is 15.1. The number of benzene rings is 7. The van der Waals surface area contributed by atoms with Crippen LogP contribution >= 0.6 is 11.3 Å². The predicted molar refractivity (Wildman–Crippen MR) is 243 cm³/mol. The number of aromatic nitrogens is 1. The first kappa shape index (κ1) is 34.8. The average molecular weight is 737 g/mol. The van der Waals surface area contributed by atoms with Crippen LogP contribution in [-0.2, 0) is 0 Å². The van der Waals surface area contributed by atoms with Gasteiger partial charge >= 0.3 is 0 Å². The standard InChI is InChI=1S/C53H40N2S/c1-4-15-48(53-37(3)34-47(5-2)56-53)42-18-14-21-46(35-42)54(44-29-24-39(25-30-44)38-16-8-6-9-17-38)45-31-26-40(27-32-45)41-28-33-52-50(36-41)49-22-12-13-23-51(49)55(52)43-19-10-7-11-20-43/h4-36H,1-2H2,3H3/b48-15-. The van der Waals surface area contributed by atoms with Gasteiger partial charge in [-0.15, -0.1) is 11.3 Å². The number of nitrogens with zero attached hydrogens (tertiary/aromatic N) is 2. The van der Waals surface area contributed by atoms with E-state index < -0.39 is 0 Å². The van der Waals surface area contributed by atoms with E-state index in [2.05, 4.69) is 218 Å². The zero-order valence-electron chi connectivity index (χ0n) is 31.3. The van der Waals surface area contributed by atoms with E-state index in [1.54, 1.807) is 11.3 Å². The van der Waals surface area contributed by atoms with Crippen LogP contribution in [0.2, 0.25) is 0 Å². The summed E-state index contributed by atoms with van der Waals surface area (Å²) >= 11 is 1.76. The fraction of sp³-hybridized carbons (Fsp3) is 0.0189. The van der Waals surface area contributed by atoms with Crippen LogP contribution < -0.4 is 4.90 Å². The number of rotatable bonds is 10. The molecule has 268 valence electrons. The molecule has 3 heteroatoms. The van der Waals surface area contributed by atoms with E-state index in [0.717, 1.165) is 38.8 Å². The highest BCUT2D eigenvalue weighted by Gasteiger charge is 2.18. The summed E-state index contributed by atoms with van der Waals surface area (Å²) in [4.78, 5) is 4.73. The van der Waals surface area contributed by atoms with E-state index >= 15 is 0 Å². The molecule has 0 atom stereocenters. The van der Waals surface area contributed by atoms with Crippen molar-refractivity contribution in [1.82, 2.24) is 4.57 Å². The number of aryl methyl sites for hydroxylation is 1. The van der Waals surface area contributed by atoms with Crippen molar-refractivity contribution < 1.29 is 0 Å². The van der Waals surface area contributed by atoms with Crippen LogP contribution in [0.3, 0.4) is 0 Å². The van der Waals surface area contributed by atoms with E-state index in [1.807, 2.05) is 12.2 Å². The number of para-hydroxylation sites is 2. The highest BCUT2D eigenvalue weighted by Crippen LogP contribution is 2.41. The second-order valence-electron chi connectivity index (χ2n) is 13.9. The van der Waals surface area contributed by atoms with Gasteiger partial charge in [0.1, 0.15) is 0 Å². The molecule has 0 aliphatic carbocycles. The highest BCUT2D eigenvalue weighted by molar-refractivity contribution is 7.14. The fourth-order valence-corrected chi connectivity index (χ4v) is 8.87. The smallest absolute Gasteiger partial charge is 0.0541 e. The van der Waals surface area contributed by atoms with Gasteiger partial charge in [-0.05, 0) is 119 Å². The van der Waals surface area contributed by atoms with Crippen LogP contribution in [-0.4, -0.2) is 4.57 Å². The Bertz CT molecular complexity index is 2870. The lowest BCUT2D eigenvalue weighted by Gasteiger charge is -2.26. The molecule has 0 fully saturated rings. The fourth-order valence-electron chi connectivity index (χ4n) is 7.80. The predicted octanol–water partition coefficient (Wildman–Crippen LogP) is 15.2. The van der Waals surface area contributed by atoms with E-state index in [9.17, 15) is 0 Å². The third kappa shape index (κ3) is 6.49. The SMILES string of the molecule is C=C/C=C(/c1cccc(N(c2ccc(-c3ccccc3)cc2)c2ccc(-c3ccc4c(c3)c3ccccc3n4-c3ccccc3)cc2)c1)c1sc(C=C)cc1C. The summed E-state index contributed by atoms with van der Waals surface area (Å²) in [6.45, 7) is 10.3. The van der Waals surface area contributed by atoms with Gasteiger partial charge in [0.2, 0.25) is 0 Å². The Morgan fingerprint density at radius 1 is 0.536 bits per heavy atom. The summed E-state index contributed by atoms with van der Waals surface area (Å²) in [5.41, 5.74) is 15.1. The zero-order valence-corrected chi connectivity index (χ0v) is 32.1. The lowest BCUT2D eigenvalue weighted by molar-refractivity contribution is 1.18. The molecular weight excluding hydrogens is 697 g/mol. The molecule has 2 heterocycles. The van der Waals surface area contributed by atoms with E-state index in [-0.39, 0.29) is 0 Å². The zero-order chi connectivity index (χ0) is 38.0. The van der Waals surface area contributed by atoms with Crippen molar-refractivity contribution in [3.05, 3.63) is 228 Å². The van der Waals surface area contributed by atoms with Gasteiger partial charge in [-0.1, -0.05) is 141 Å². The molecular formula is C53H40N2S. The monoisotopic (exact) mass is 736 g/mol. The van der Waals surface area contributed by atoms with Crippen LogP contribution in [0.4, 0.5) is 17.1 Å². The molecule has 0 N–H and O–H groups in total. The molecule has 2 aromatic heterocycles. The molecule has 7 aromatic carbocycles. The summed E-state index contributed by atoms with van der Waals surface area (Å²) < 4.78 is 2.36. The van der Waals surface area contributed by atoms with Gasteiger partial charge in [0, 0.05) is 43.3 Å². The quantitative estimate of drug-likeness (QED) is 0.127. The Labute approximate surface area is 332 Å².